The van der Waals surface area contributed by atoms with Crippen molar-refractivity contribution in [1.82, 2.24) is 9.97 Å². The molecule has 0 aliphatic carbocycles. The molecule has 0 aliphatic rings. The fourth-order valence-corrected chi connectivity index (χ4v) is 2.28. The predicted octanol–water partition coefficient (Wildman–Crippen LogP) is 3.66. The van der Waals surface area contributed by atoms with Crippen molar-refractivity contribution in [1.29, 1.82) is 0 Å². The molecule has 1 heterocycles. The fraction of sp³-hybridized carbons (Fsp3) is 0.444. The summed E-state index contributed by atoms with van der Waals surface area (Å²) in [6.45, 7) is 5.88. The molecule has 124 valence electrons. The number of methoxy groups -OCH3 is 1. The Morgan fingerprint density at radius 1 is 1.09 bits per heavy atom. The van der Waals surface area contributed by atoms with Crippen molar-refractivity contribution >= 4 is 11.8 Å². The number of aryl methyl sites for hydroxylation is 1. The maximum Gasteiger partial charge on any atom is 0.224 e. The quantitative estimate of drug-likeness (QED) is 0.692. The molecule has 0 aliphatic heterocycles. The van der Waals surface area contributed by atoms with E-state index < -0.39 is 0 Å². The summed E-state index contributed by atoms with van der Waals surface area (Å²) in [7, 11) is 1.69. The van der Waals surface area contributed by atoms with Crippen LogP contribution in [0.2, 0.25) is 0 Å². The smallest absolute Gasteiger partial charge is 0.224 e. The Morgan fingerprint density at radius 3 is 2.74 bits per heavy atom. The highest BCUT2D eigenvalue weighted by Crippen LogP contribution is 2.14. The molecule has 5 heteroatoms. The van der Waals surface area contributed by atoms with Crippen LogP contribution in [0.15, 0.2) is 30.3 Å². The zero-order valence-corrected chi connectivity index (χ0v) is 14.2. The van der Waals surface area contributed by atoms with Crippen LogP contribution in [0.1, 0.15) is 31.0 Å². The summed E-state index contributed by atoms with van der Waals surface area (Å²) >= 11 is 0. The van der Waals surface area contributed by atoms with Crippen LogP contribution in [0.3, 0.4) is 0 Å². The van der Waals surface area contributed by atoms with Gasteiger partial charge in [0.1, 0.15) is 11.6 Å². The average molecular weight is 314 g/mol. The Morgan fingerprint density at radius 2 is 1.96 bits per heavy atom. The van der Waals surface area contributed by atoms with Gasteiger partial charge in [0.15, 0.2) is 0 Å². The Bertz CT molecular complexity index is 616. The van der Waals surface area contributed by atoms with E-state index in [-0.39, 0.29) is 0 Å². The summed E-state index contributed by atoms with van der Waals surface area (Å²) in [6.07, 6.45) is 3.19. The number of nitrogens with zero attached hydrogens (tertiary/aromatic N) is 2. The fourth-order valence-electron chi connectivity index (χ4n) is 2.28. The van der Waals surface area contributed by atoms with E-state index in [1.807, 2.05) is 25.1 Å². The summed E-state index contributed by atoms with van der Waals surface area (Å²) < 4.78 is 5.25. The van der Waals surface area contributed by atoms with Crippen LogP contribution in [0.5, 0.6) is 5.75 Å². The van der Waals surface area contributed by atoms with E-state index in [2.05, 4.69) is 39.7 Å². The first-order valence-corrected chi connectivity index (χ1v) is 8.17. The number of benzene rings is 1. The minimum atomic E-state index is 0.697. The first kappa shape index (κ1) is 17.1. The zero-order chi connectivity index (χ0) is 16.5. The predicted molar refractivity (Wildman–Crippen MR) is 95.4 cm³/mol. The Labute approximate surface area is 138 Å². The molecule has 0 bridgehead atoms. The number of hydrogen-bond donors (Lipinski definition) is 2. The normalized spacial score (nSPS) is 10.4. The zero-order valence-electron chi connectivity index (χ0n) is 14.2. The van der Waals surface area contributed by atoms with Gasteiger partial charge in [-0.05, 0) is 37.5 Å². The first-order valence-electron chi connectivity index (χ1n) is 8.17. The Kier molecular flexibility index (Phi) is 6.66. The van der Waals surface area contributed by atoms with Crippen LogP contribution in [0, 0.1) is 6.92 Å². The van der Waals surface area contributed by atoms with Gasteiger partial charge in [-0.1, -0.05) is 25.5 Å². The number of nitrogens with one attached hydrogen (secondary N) is 2. The topological polar surface area (TPSA) is 59.1 Å². The highest BCUT2D eigenvalue weighted by atomic mass is 16.5. The maximum absolute atomic E-state index is 5.25. The minimum absolute atomic E-state index is 0.697. The molecule has 2 rings (SSSR count). The molecule has 0 amide bonds. The largest absolute Gasteiger partial charge is 0.497 e. The molecule has 0 saturated heterocycles. The number of ether oxygens (including phenoxy) is 1. The number of rotatable bonds is 9. The van der Waals surface area contributed by atoms with Crippen LogP contribution < -0.4 is 15.4 Å². The molecule has 0 spiro atoms. The van der Waals surface area contributed by atoms with Crippen molar-refractivity contribution in [2.75, 3.05) is 30.8 Å². The monoisotopic (exact) mass is 314 g/mol. The molecule has 0 unspecified atom stereocenters. The van der Waals surface area contributed by atoms with E-state index in [4.69, 9.17) is 4.74 Å². The summed E-state index contributed by atoms with van der Waals surface area (Å²) in [5.41, 5.74) is 2.20. The second kappa shape index (κ2) is 8.98. The lowest BCUT2D eigenvalue weighted by Crippen LogP contribution is -2.10. The third kappa shape index (κ3) is 5.77. The summed E-state index contributed by atoms with van der Waals surface area (Å²) in [4.78, 5) is 8.93. The molecule has 23 heavy (non-hydrogen) atoms. The SMILES string of the molecule is CCCCNc1nc(C)cc(NCCc2cccc(OC)c2)n1. The van der Waals surface area contributed by atoms with Gasteiger partial charge in [-0.25, -0.2) is 4.98 Å². The van der Waals surface area contributed by atoms with E-state index in [0.29, 0.717) is 5.95 Å². The van der Waals surface area contributed by atoms with Gasteiger partial charge in [0.05, 0.1) is 7.11 Å². The molecular weight excluding hydrogens is 288 g/mol. The average Bonchev–Trinajstić information content (AvgIpc) is 2.55. The molecule has 0 radical (unpaired) electrons. The molecule has 0 saturated carbocycles. The number of hydrogen-bond acceptors (Lipinski definition) is 5. The van der Waals surface area contributed by atoms with E-state index in [0.717, 1.165) is 49.6 Å². The van der Waals surface area contributed by atoms with Crippen molar-refractivity contribution in [3.63, 3.8) is 0 Å². The molecule has 1 aromatic heterocycles. The summed E-state index contributed by atoms with van der Waals surface area (Å²) in [5, 5.41) is 6.64. The van der Waals surface area contributed by atoms with Gasteiger partial charge in [-0.2, -0.15) is 4.98 Å². The van der Waals surface area contributed by atoms with Gasteiger partial charge >= 0.3 is 0 Å². The van der Waals surface area contributed by atoms with Crippen molar-refractivity contribution < 1.29 is 4.74 Å². The minimum Gasteiger partial charge on any atom is -0.497 e. The van der Waals surface area contributed by atoms with Gasteiger partial charge in [-0.3, -0.25) is 0 Å². The van der Waals surface area contributed by atoms with Crippen LogP contribution >= 0.6 is 0 Å². The lowest BCUT2D eigenvalue weighted by Gasteiger charge is -2.10. The van der Waals surface area contributed by atoms with Crippen LogP contribution in [-0.4, -0.2) is 30.2 Å². The van der Waals surface area contributed by atoms with Crippen molar-refractivity contribution in [3.8, 4) is 5.75 Å². The standard InChI is InChI=1S/C18H26N4O/c1-4-5-10-20-18-21-14(2)12-17(22-18)19-11-9-15-7-6-8-16(13-15)23-3/h6-8,12-13H,4-5,9-11H2,1-3H3,(H2,19,20,21,22). The summed E-state index contributed by atoms with van der Waals surface area (Å²) in [5.74, 6) is 2.45. The van der Waals surface area contributed by atoms with E-state index in [1.165, 1.54) is 5.56 Å². The number of unbranched alkanes of at least 4 members (excludes halogenated alkanes) is 1. The van der Waals surface area contributed by atoms with Gasteiger partial charge in [0.25, 0.3) is 0 Å². The molecule has 0 atom stereocenters. The maximum atomic E-state index is 5.25. The molecule has 2 aromatic rings. The van der Waals surface area contributed by atoms with Crippen molar-refractivity contribution in [3.05, 3.63) is 41.6 Å². The first-order chi connectivity index (χ1) is 11.2. The Balaban J connectivity index is 1.89. The van der Waals surface area contributed by atoms with E-state index in [9.17, 15) is 0 Å². The summed E-state index contributed by atoms with van der Waals surface area (Å²) in [6, 6.07) is 10.1. The highest BCUT2D eigenvalue weighted by Gasteiger charge is 2.02. The molecular formula is C18H26N4O. The molecule has 0 fully saturated rings. The Hall–Kier alpha value is -2.30. The van der Waals surface area contributed by atoms with Crippen molar-refractivity contribution in [2.45, 2.75) is 33.1 Å². The van der Waals surface area contributed by atoms with Crippen molar-refractivity contribution in [2.24, 2.45) is 0 Å². The lowest BCUT2D eigenvalue weighted by molar-refractivity contribution is 0.414. The van der Waals surface area contributed by atoms with Crippen LogP contribution in [-0.2, 0) is 6.42 Å². The second-order valence-electron chi connectivity index (χ2n) is 5.53. The van der Waals surface area contributed by atoms with Crippen LogP contribution in [0.4, 0.5) is 11.8 Å². The highest BCUT2D eigenvalue weighted by molar-refractivity contribution is 5.42. The molecule has 1 aromatic carbocycles. The van der Waals surface area contributed by atoms with E-state index in [1.54, 1.807) is 7.11 Å². The third-order valence-corrected chi connectivity index (χ3v) is 3.52. The lowest BCUT2D eigenvalue weighted by atomic mass is 10.1. The number of anilines is 2. The van der Waals surface area contributed by atoms with Crippen LogP contribution in [0.25, 0.3) is 0 Å². The van der Waals surface area contributed by atoms with Gasteiger partial charge in [0, 0.05) is 24.8 Å². The number of aromatic nitrogens is 2. The van der Waals surface area contributed by atoms with Gasteiger partial charge in [0.2, 0.25) is 5.95 Å². The van der Waals surface area contributed by atoms with E-state index >= 15 is 0 Å². The second-order valence-corrected chi connectivity index (χ2v) is 5.53. The third-order valence-electron chi connectivity index (χ3n) is 3.52. The van der Waals surface area contributed by atoms with Gasteiger partial charge < -0.3 is 15.4 Å². The molecule has 5 nitrogen and oxygen atoms in total. The molecule has 2 N–H and O–H groups in total. The van der Waals surface area contributed by atoms with Gasteiger partial charge in [-0.15, -0.1) is 0 Å².